The molecule has 2 unspecified atom stereocenters. The van der Waals surface area contributed by atoms with Gasteiger partial charge in [0, 0.05) is 26.3 Å². The molecule has 0 radical (unpaired) electrons. The fourth-order valence-electron chi connectivity index (χ4n) is 1.97. The van der Waals surface area contributed by atoms with Crippen LogP contribution in [0.25, 0.3) is 0 Å². The summed E-state index contributed by atoms with van der Waals surface area (Å²) < 4.78 is 10.6. The zero-order chi connectivity index (χ0) is 10.9. The molecule has 1 fully saturated rings. The topological polar surface area (TPSA) is 30.5 Å². The van der Waals surface area contributed by atoms with Crippen LogP contribution in [0.15, 0.2) is 0 Å². The Hall–Kier alpha value is -0.120. The van der Waals surface area contributed by atoms with Crippen LogP contribution in [0.5, 0.6) is 0 Å². The van der Waals surface area contributed by atoms with Crippen LogP contribution in [0.4, 0.5) is 0 Å². The van der Waals surface area contributed by atoms with Crippen LogP contribution in [-0.4, -0.2) is 39.5 Å². The van der Waals surface area contributed by atoms with Gasteiger partial charge in [-0.25, -0.2) is 0 Å². The first-order chi connectivity index (χ1) is 7.36. The lowest BCUT2D eigenvalue weighted by atomic mass is 10.1. The molecule has 1 aliphatic heterocycles. The van der Waals surface area contributed by atoms with Gasteiger partial charge in [0.25, 0.3) is 0 Å². The first kappa shape index (κ1) is 12.9. The predicted molar refractivity (Wildman–Crippen MR) is 62.1 cm³/mol. The van der Waals surface area contributed by atoms with E-state index in [2.05, 4.69) is 12.2 Å². The van der Waals surface area contributed by atoms with Crippen LogP contribution in [0.3, 0.4) is 0 Å². The lowest BCUT2D eigenvalue weighted by Crippen LogP contribution is -2.36. The maximum Gasteiger partial charge on any atom is 0.0615 e. The molecule has 0 aromatic rings. The zero-order valence-electron chi connectivity index (χ0n) is 10.1. The lowest BCUT2D eigenvalue weighted by molar-refractivity contribution is 0.154. The van der Waals surface area contributed by atoms with E-state index >= 15 is 0 Å². The van der Waals surface area contributed by atoms with Crippen molar-refractivity contribution in [3.05, 3.63) is 0 Å². The van der Waals surface area contributed by atoms with Gasteiger partial charge in [-0.3, -0.25) is 0 Å². The molecule has 3 nitrogen and oxygen atoms in total. The van der Waals surface area contributed by atoms with E-state index in [1.165, 1.54) is 25.7 Å². The summed E-state index contributed by atoms with van der Waals surface area (Å²) >= 11 is 0. The predicted octanol–water partition coefficient (Wildman–Crippen LogP) is 1.82. The quantitative estimate of drug-likeness (QED) is 0.670. The van der Waals surface area contributed by atoms with Gasteiger partial charge in [-0.1, -0.05) is 19.8 Å². The lowest BCUT2D eigenvalue weighted by Gasteiger charge is -2.19. The summed E-state index contributed by atoms with van der Waals surface area (Å²) in [6, 6.07) is 0.524. The molecular formula is C12H25NO2. The summed E-state index contributed by atoms with van der Waals surface area (Å²) in [5, 5.41) is 3.59. The highest BCUT2D eigenvalue weighted by Gasteiger charge is 2.17. The normalized spacial score (nSPS) is 23.2. The summed E-state index contributed by atoms with van der Waals surface area (Å²) in [5.74, 6) is 0.714. The Morgan fingerprint density at radius 1 is 1.53 bits per heavy atom. The third kappa shape index (κ3) is 5.50. The number of hydrogen-bond donors (Lipinski definition) is 1. The average Bonchev–Trinajstić information content (AvgIpc) is 2.75. The Morgan fingerprint density at radius 3 is 3.00 bits per heavy atom. The Morgan fingerprint density at radius 2 is 2.40 bits per heavy atom. The van der Waals surface area contributed by atoms with Gasteiger partial charge in [0.1, 0.15) is 0 Å². The van der Waals surface area contributed by atoms with E-state index in [1.54, 1.807) is 7.11 Å². The van der Waals surface area contributed by atoms with Gasteiger partial charge in [-0.2, -0.15) is 0 Å². The average molecular weight is 215 g/mol. The third-order valence-electron chi connectivity index (χ3n) is 2.99. The molecule has 2 atom stereocenters. The fraction of sp³-hybridized carbons (Fsp3) is 1.00. The van der Waals surface area contributed by atoms with Crippen molar-refractivity contribution in [2.45, 2.75) is 38.6 Å². The van der Waals surface area contributed by atoms with E-state index < -0.39 is 0 Å². The minimum absolute atomic E-state index is 0.524. The summed E-state index contributed by atoms with van der Waals surface area (Å²) in [6.45, 7) is 6.01. The van der Waals surface area contributed by atoms with Gasteiger partial charge in [-0.05, 0) is 18.8 Å². The Bertz CT molecular complexity index is 147. The molecule has 0 aliphatic carbocycles. The minimum Gasteiger partial charge on any atom is -0.383 e. The highest BCUT2D eigenvalue weighted by Crippen LogP contribution is 2.11. The molecule has 1 rings (SSSR count). The summed E-state index contributed by atoms with van der Waals surface area (Å²) in [4.78, 5) is 0. The molecule has 15 heavy (non-hydrogen) atoms. The molecule has 0 aromatic heterocycles. The number of hydrogen-bond acceptors (Lipinski definition) is 3. The van der Waals surface area contributed by atoms with E-state index in [0.29, 0.717) is 12.0 Å². The molecule has 1 N–H and O–H groups in total. The van der Waals surface area contributed by atoms with E-state index in [4.69, 9.17) is 9.47 Å². The van der Waals surface area contributed by atoms with Crippen molar-refractivity contribution in [2.24, 2.45) is 5.92 Å². The standard InChI is InChI=1S/C12H25NO2/c1-3-4-5-12(10-14-2)13-8-11-6-7-15-9-11/h11-13H,3-10H2,1-2H3. The van der Waals surface area contributed by atoms with Crippen LogP contribution in [0.1, 0.15) is 32.6 Å². The Balaban J connectivity index is 2.11. The van der Waals surface area contributed by atoms with Crippen molar-refractivity contribution >= 4 is 0 Å². The Kier molecular flexibility index (Phi) is 6.98. The van der Waals surface area contributed by atoms with Gasteiger partial charge >= 0.3 is 0 Å². The van der Waals surface area contributed by atoms with Crippen molar-refractivity contribution in [3.8, 4) is 0 Å². The van der Waals surface area contributed by atoms with E-state index in [0.717, 1.165) is 26.4 Å². The largest absolute Gasteiger partial charge is 0.383 e. The molecule has 0 spiro atoms. The molecule has 1 aliphatic rings. The number of unbranched alkanes of at least 4 members (excludes halogenated alkanes) is 1. The van der Waals surface area contributed by atoms with Crippen LogP contribution in [0, 0.1) is 5.92 Å². The second kappa shape index (κ2) is 8.08. The maximum absolute atomic E-state index is 5.36. The second-order valence-electron chi connectivity index (χ2n) is 4.43. The number of methoxy groups -OCH3 is 1. The highest BCUT2D eigenvalue weighted by atomic mass is 16.5. The highest BCUT2D eigenvalue weighted by molar-refractivity contribution is 4.72. The van der Waals surface area contributed by atoms with Crippen LogP contribution in [-0.2, 0) is 9.47 Å². The molecule has 90 valence electrons. The van der Waals surface area contributed by atoms with Crippen molar-refractivity contribution in [1.29, 1.82) is 0 Å². The van der Waals surface area contributed by atoms with E-state index in [1.807, 2.05) is 0 Å². The first-order valence-corrected chi connectivity index (χ1v) is 6.16. The third-order valence-corrected chi connectivity index (χ3v) is 2.99. The molecular weight excluding hydrogens is 190 g/mol. The van der Waals surface area contributed by atoms with E-state index in [-0.39, 0.29) is 0 Å². The molecule has 3 heteroatoms. The SMILES string of the molecule is CCCCC(COC)NCC1CCOC1. The Labute approximate surface area is 93.5 Å². The molecule has 0 saturated carbocycles. The number of ether oxygens (including phenoxy) is 2. The number of rotatable bonds is 8. The van der Waals surface area contributed by atoms with E-state index in [9.17, 15) is 0 Å². The number of nitrogens with one attached hydrogen (secondary N) is 1. The second-order valence-corrected chi connectivity index (χ2v) is 4.43. The molecule has 0 amide bonds. The monoisotopic (exact) mass is 215 g/mol. The molecule has 0 bridgehead atoms. The smallest absolute Gasteiger partial charge is 0.0615 e. The van der Waals surface area contributed by atoms with Crippen molar-refractivity contribution < 1.29 is 9.47 Å². The van der Waals surface area contributed by atoms with Gasteiger partial charge in [-0.15, -0.1) is 0 Å². The maximum atomic E-state index is 5.36. The fourth-order valence-corrected chi connectivity index (χ4v) is 1.97. The van der Waals surface area contributed by atoms with Crippen molar-refractivity contribution in [3.63, 3.8) is 0 Å². The molecule has 1 saturated heterocycles. The van der Waals surface area contributed by atoms with Gasteiger partial charge in [0.15, 0.2) is 0 Å². The van der Waals surface area contributed by atoms with Gasteiger partial charge < -0.3 is 14.8 Å². The van der Waals surface area contributed by atoms with Crippen molar-refractivity contribution in [2.75, 3.05) is 33.5 Å². The summed E-state index contributed by atoms with van der Waals surface area (Å²) in [5.41, 5.74) is 0. The molecule has 0 aromatic carbocycles. The van der Waals surface area contributed by atoms with Crippen molar-refractivity contribution in [1.82, 2.24) is 5.32 Å². The van der Waals surface area contributed by atoms with Gasteiger partial charge in [0.05, 0.1) is 13.2 Å². The molecule has 1 heterocycles. The van der Waals surface area contributed by atoms with Crippen LogP contribution >= 0.6 is 0 Å². The van der Waals surface area contributed by atoms with Crippen LogP contribution < -0.4 is 5.32 Å². The minimum atomic E-state index is 0.524. The zero-order valence-corrected chi connectivity index (χ0v) is 10.1. The first-order valence-electron chi connectivity index (χ1n) is 6.16. The van der Waals surface area contributed by atoms with Crippen LogP contribution in [0.2, 0.25) is 0 Å². The summed E-state index contributed by atoms with van der Waals surface area (Å²) in [6.07, 6.45) is 4.97. The summed E-state index contributed by atoms with van der Waals surface area (Å²) in [7, 11) is 1.78. The van der Waals surface area contributed by atoms with Gasteiger partial charge in [0.2, 0.25) is 0 Å².